The predicted octanol–water partition coefficient (Wildman–Crippen LogP) is 1.84. The van der Waals surface area contributed by atoms with Crippen LogP contribution in [0.25, 0.3) is 0 Å². The summed E-state index contributed by atoms with van der Waals surface area (Å²) < 4.78 is 5.56. The van der Waals surface area contributed by atoms with E-state index in [1.807, 2.05) is 24.3 Å². The van der Waals surface area contributed by atoms with E-state index in [-0.39, 0.29) is 18.7 Å². The zero-order valence-electron chi connectivity index (χ0n) is 11.9. The number of nitrogens with one attached hydrogen (secondary N) is 1. The van der Waals surface area contributed by atoms with E-state index >= 15 is 0 Å². The highest BCUT2D eigenvalue weighted by atomic mass is 16.5. The van der Waals surface area contributed by atoms with Gasteiger partial charge in [-0.05, 0) is 37.5 Å². The number of benzene rings is 1. The van der Waals surface area contributed by atoms with E-state index in [4.69, 9.17) is 15.6 Å². The monoisotopic (exact) mass is 266 g/mol. The van der Waals surface area contributed by atoms with Crippen LogP contribution in [0.3, 0.4) is 0 Å². The number of rotatable bonds is 9. The molecular formula is C15H26N2O2. The summed E-state index contributed by atoms with van der Waals surface area (Å²) in [5.74, 6) is 0.893. The Bertz CT molecular complexity index is 341. The highest BCUT2D eigenvalue weighted by Gasteiger charge is 2.12. The van der Waals surface area contributed by atoms with Gasteiger partial charge in [-0.2, -0.15) is 0 Å². The largest absolute Gasteiger partial charge is 0.494 e. The lowest BCUT2D eigenvalue weighted by Crippen LogP contribution is -2.35. The lowest BCUT2D eigenvalue weighted by molar-refractivity contribution is 0.263. The van der Waals surface area contributed by atoms with Gasteiger partial charge in [0.25, 0.3) is 0 Å². The molecule has 0 spiro atoms. The lowest BCUT2D eigenvalue weighted by Gasteiger charge is -2.22. The standard InChI is InChI=1S/C15H26N2O2/c1-3-10-19-14-6-4-13(5-7-14)15(11-16)17-12(2)8-9-18/h4-7,12,15,17-18H,3,8-11,16H2,1-2H3. The van der Waals surface area contributed by atoms with Crippen molar-refractivity contribution < 1.29 is 9.84 Å². The fourth-order valence-electron chi connectivity index (χ4n) is 1.94. The topological polar surface area (TPSA) is 67.5 Å². The number of aliphatic hydroxyl groups is 1. The molecular weight excluding hydrogens is 240 g/mol. The summed E-state index contributed by atoms with van der Waals surface area (Å²) in [6, 6.07) is 8.40. The Balaban J connectivity index is 2.60. The lowest BCUT2D eigenvalue weighted by atomic mass is 10.1. The zero-order valence-corrected chi connectivity index (χ0v) is 11.9. The maximum Gasteiger partial charge on any atom is 0.119 e. The smallest absolute Gasteiger partial charge is 0.119 e. The van der Waals surface area contributed by atoms with Crippen molar-refractivity contribution in [3.8, 4) is 5.75 Å². The third-order valence-corrected chi connectivity index (χ3v) is 3.04. The number of hydrogen-bond donors (Lipinski definition) is 3. The molecule has 0 bridgehead atoms. The second-order valence-electron chi connectivity index (χ2n) is 4.79. The van der Waals surface area contributed by atoms with Gasteiger partial charge in [0.1, 0.15) is 5.75 Å². The van der Waals surface area contributed by atoms with Crippen molar-refractivity contribution in [1.29, 1.82) is 0 Å². The number of ether oxygens (including phenoxy) is 1. The Morgan fingerprint density at radius 1 is 1.32 bits per heavy atom. The Kier molecular flexibility index (Phi) is 7.48. The Labute approximate surface area is 116 Å². The molecule has 0 aliphatic carbocycles. The number of aliphatic hydroxyl groups excluding tert-OH is 1. The fourth-order valence-corrected chi connectivity index (χ4v) is 1.94. The van der Waals surface area contributed by atoms with Gasteiger partial charge in [0.2, 0.25) is 0 Å². The van der Waals surface area contributed by atoms with E-state index in [0.717, 1.165) is 30.8 Å². The molecule has 0 fully saturated rings. The molecule has 0 heterocycles. The van der Waals surface area contributed by atoms with E-state index in [9.17, 15) is 0 Å². The third kappa shape index (κ3) is 5.59. The molecule has 4 N–H and O–H groups in total. The molecule has 0 aromatic heterocycles. The van der Waals surface area contributed by atoms with Crippen LogP contribution in [0, 0.1) is 0 Å². The van der Waals surface area contributed by atoms with Gasteiger partial charge in [-0.15, -0.1) is 0 Å². The first kappa shape index (κ1) is 16.0. The highest BCUT2D eigenvalue weighted by Crippen LogP contribution is 2.18. The summed E-state index contributed by atoms with van der Waals surface area (Å²) in [6.45, 7) is 5.61. The van der Waals surface area contributed by atoms with Crippen molar-refractivity contribution in [1.82, 2.24) is 5.32 Å². The Hall–Kier alpha value is -1.10. The SMILES string of the molecule is CCCOc1ccc(C(CN)NC(C)CCO)cc1. The van der Waals surface area contributed by atoms with Crippen LogP contribution in [0.2, 0.25) is 0 Å². The van der Waals surface area contributed by atoms with Gasteiger partial charge in [0.15, 0.2) is 0 Å². The van der Waals surface area contributed by atoms with Crippen LogP contribution in [0.4, 0.5) is 0 Å². The highest BCUT2D eigenvalue weighted by molar-refractivity contribution is 5.29. The van der Waals surface area contributed by atoms with Gasteiger partial charge < -0.3 is 20.9 Å². The van der Waals surface area contributed by atoms with Crippen molar-refractivity contribution in [2.75, 3.05) is 19.8 Å². The summed E-state index contributed by atoms with van der Waals surface area (Å²) >= 11 is 0. The Morgan fingerprint density at radius 3 is 2.53 bits per heavy atom. The molecule has 108 valence electrons. The maximum atomic E-state index is 8.92. The summed E-state index contributed by atoms with van der Waals surface area (Å²) in [5, 5.41) is 12.3. The third-order valence-electron chi connectivity index (χ3n) is 3.04. The van der Waals surface area contributed by atoms with E-state index in [0.29, 0.717) is 6.54 Å². The van der Waals surface area contributed by atoms with Gasteiger partial charge in [-0.1, -0.05) is 19.1 Å². The molecule has 1 rings (SSSR count). The quantitative estimate of drug-likeness (QED) is 0.638. The van der Waals surface area contributed by atoms with Gasteiger partial charge in [-0.3, -0.25) is 0 Å². The zero-order chi connectivity index (χ0) is 14.1. The number of hydrogen-bond acceptors (Lipinski definition) is 4. The van der Waals surface area contributed by atoms with Crippen molar-refractivity contribution in [3.63, 3.8) is 0 Å². The van der Waals surface area contributed by atoms with Crippen LogP contribution in [0.5, 0.6) is 5.75 Å². The van der Waals surface area contributed by atoms with Crippen LogP contribution in [0.15, 0.2) is 24.3 Å². The second-order valence-corrected chi connectivity index (χ2v) is 4.79. The average Bonchev–Trinajstić information content (AvgIpc) is 2.43. The van der Waals surface area contributed by atoms with E-state index in [2.05, 4.69) is 19.2 Å². The molecule has 2 atom stereocenters. The molecule has 19 heavy (non-hydrogen) atoms. The van der Waals surface area contributed by atoms with Gasteiger partial charge in [0, 0.05) is 25.2 Å². The van der Waals surface area contributed by atoms with Crippen LogP contribution >= 0.6 is 0 Å². The summed E-state index contributed by atoms with van der Waals surface area (Å²) in [5.41, 5.74) is 6.96. The van der Waals surface area contributed by atoms with Crippen LogP contribution in [0.1, 0.15) is 38.3 Å². The van der Waals surface area contributed by atoms with Crippen molar-refractivity contribution >= 4 is 0 Å². The first-order chi connectivity index (χ1) is 9.21. The number of nitrogens with two attached hydrogens (primary N) is 1. The first-order valence-corrected chi connectivity index (χ1v) is 7.01. The van der Waals surface area contributed by atoms with Crippen molar-refractivity contribution in [3.05, 3.63) is 29.8 Å². The molecule has 1 aromatic carbocycles. The van der Waals surface area contributed by atoms with Crippen molar-refractivity contribution in [2.45, 2.75) is 38.8 Å². The summed E-state index contributed by atoms with van der Waals surface area (Å²) in [7, 11) is 0. The molecule has 1 aromatic rings. The average molecular weight is 266 g/mol. The Morgan fingerprint density at radius 2 is 2.00 bits per heavy atom. The van der Waals surface area contributed by atoms with Crippen LogP contribution in [-0.2, 0) is 0 Å². The van der Waals surface area contributed by atoms with Gasteiger partial charge in [-0.25, -0.2) is 0 Å². The van der Waals surface area contributed by atoms with Crippen molar-refractivity contribution in [2.24, 2.45) is 5.73 Å². The second kappa shape index (κ2) is 8.91. The molecule has 0 aliphatic rings. The first-order valence-electron chi connectivity index (χ1n) is 7.01. The molecule has 0 amide bonds. The molecule has 4 heteroatoms. The normalized spacial score (nSPS) is 14.1. The van der Waals surface area contributed by atoms with Crippen LogP contribution < -0.4 is 15.8 Å². The molecule has 0 saturated heterocycles. The molecule has 0 radical (unpaired) electrons. The minimum atomic E-state index is 0.113. The van der Waals surface area contributed by atoms with Crippen LogP contribution in [-0.4, -0.2) is 30.9 Å². The van der Waals surface area contributed by atoms with Gasteiger partial charge in [0.05, 0.1) is 6.61 Å². The molecule has 4 nitrogen and oxygen atoms in total. The van der Waals surface area contributed by atoms with Gasteiger partial charge >= 0.3 is 0 Å². The molecule has 0 saturated carbocycles. The minimum absolute atomic E-state index is 0.113. The predicted molar refractivity (Wildman–Crippen MR) is 78.3 cm³/mol. The van der Waals surface area contributed by atoms with E-state index < -0.39 is 0 Å². The summed E-state index contributed by atoms with van der Waals surface area (Å²) in [6.07, 6.45) is 1.74. The minimum Gasteiger partial charge on any atom is -0.494 e. The summed E-state index contributed by atoms with van der Waals surface area (Å²) in [4.78, 5) is 0. The van der Waals surface area contributed by atoms with E-state index in [1.165, 1.54) is 0 Å². The maximum absolute atomic E-state index is 8.92. The molecule has 0 aliphatic heterocycles. The van der Waals surface area contributed by atoms with E-state index in [1.54, 1.807) is 0 Å². The molecule has 2 unspecified atom stereocenters. The fraction of sp³-hybridized carbons (Fsp3) is 0.600.